The summed E-state index contributed by atoms with van der Waals surface area (Å²) in [6.07, 6.45) is 3.63. The normalized spacial score (nSPS) is 11.2. The third-order valence-corrected chi connectivity index (χ3v) is 3.65. The summed E-state index contributed by atoms with van der Waals surface area (Å²) in [6, 6.07) is 16.2. The minimum Gasteiger partial charge on any atom is -0.506 e. The first-order valence-corrected chi connectivity index (χ1v) is 7.35. The number of hydrogen-bond donors (Lipinski definition) is 1. The summed E-state index contributed by atoms with van der Waals surface area (Å²) in [5.74, 6) is 0.0494. The predicted molar refractivity (Wildman–Crippen MR) is 91.1 cm³/mol. The van der Waals surface area contributed by atoms with E-state index in [0.29, 0.717) is 15.7 Å². The number of benzene rings is 2. The van der Waals surface area contributed by atoms with E-state index in [1.807, 2.05) is 47.2 Å². The van der Waals surface area contributed by atoms with Crippen molar-refractivity contribution in [2.24, 2.45) is 4.99 Å². The fraction of sp³-hybridized carbons (Fsp3) is 0. The quantitative estimate of drug-likeness (QED) is 0.655. The van der Waals surface area contributed by atoms with Crippen molar-refractivity contribution < 1.29 is 5.11 Å². The summed E-state index contributed by atoms with van der Waals surface area (Å²) in [6.45, 7) is 0. The second-order valence-corrected chi connectivity index (χ2v) is 5.54. The molecule has 3 nitrogen and oxygen atoms in total. The Morgan fingerprint density at radius 2 is 1.68 bits per heavy atom. The van der Waals surface area contributed by atoms with E-state index in [4.69, 9.17) is 23.2 Å². The topological polar surface area (TPSA) is 37.5 Å². The van der Waals surface area contributed by atoms with Crippen molar-refractivity contribution in [2.45, 2.75) is 0 Å². The van der Waals surface area contributed by atoms with Crippen molar-refractivity contribution in [3.8, 4) is 11.4 Å². The number of nitrogens with zero attached hydrogens (tertiary/aromatic N) is 2. The fourth-order valence-electron chi connectivity index (χ4n) is 2.08. The van der Waals surface area contributed by atoms with E-state index in [1.165, 1.54) is 6.07 Å². The second-order valence-electron chi connectivity index (χ2n) is 4.67. The Bertz CT molecular complexity index is 823. The van der Waals surface area contributed by atoms with E-state index in [1.54, 1.807) is 18.3 Å². The lowest BCUT2D eigenvalue weighted by molar-refractivity contribution is 0.477. The van der Waals surface area contributed by atoms with Crippen LogP contribution in [0.15, 0.2) is 65.8 Å². The first kappa shape index (κ1) is 14.7. The number of phenols is 1. The number of aliphatic imine (C=N–C) groups is 1. The molecule has 0 aliphatic carbocycles. The Hall–Kier alpha value is -2.23. The molecule has 0 spiro atoms. The van der Waals surface area contributed by atoms with E-state index in [9.17, 15) is 5.11 Å². The monoisotopic (exact) mass is 330 g/mol. The zero-order chi connectivity index (χ0) is 15.5. The molecule has 3 aromatic rings. The Morgan fingerprint density at radius 1 is 0.955 bits per heavy atom. The zero-order valence-electron chi connectivity index (χ0n) is 11.4. The predicted octanol–water partition coefficient (Wildman–Crippen LogP) is 5.24. The Morgan fingerprint density at radius 3 is 2.41 bits per heavy atom. The van der Waals surface area contributed by atoms with Crippen LogP contribution in [0.1, 0.15) is 5.69 Å². The van der Waals surface area contributed by atoms with Crippen molar-refractivity contribution in [3.63, 3.8) is 0 Å². The first-order chi connectivity index (χ1) is 10.6. The van der Waals surface area contributed by atoms with E-state index in [-0.39, 0.29) is 5.75 Å². The molecular weight excluding hydrogens is 319 g/mol. The van der Waals surface area contributed by atoms with Crippen LogP contribution in [0.2, 0.25) is 10.0 Å². The number of aromatic nitrogens is 1. The van der Waals surface area contributed by atoms with Gasteiger partial charge < -0.3 is 9.67 Å². The average Bonchev–Trinajstić information content (AvgIpc) is 2.95. The van der Waals surface area contributed by atoms with Gasteiger partial charge in [-0.3, -0.25) is 4.99 Å². The maximum absolute atomic E-state index is 9.82. The highest BCUT2D eigenvalue weighted by atomic mass is 35.5. The van der Waals surface area contributed by atoms with E-state index < -0.39 is 0 Å². The van der Waals surface area contributed by atoms with Crippen molar-refractivity contribution >= 4 is 35.1 Å². The van der Waals surface area contributed by atoms with Crippen molar-refractivity contribution in [2.75, 3.05) is 0 Å². The van der Waals surface area contributed by atoms with Crippen LogP contribution in [0, 0.1) is 0 Å². The molecule has 0 saturated carbocycles. The van der Waals surface area contributed by atoms with Crippen LogP contribution in [0.3, 0.4) is 0 Å². The van der Waals surface area contributed by atoms with Crippen LogP contribution in [-0.4, -0.2) is 15.9 Å². The molecule has 0 fully saturated rings. The molecule has 1 aromatic heterocycles. The molecule has 0 aliphatic rings. The lowest BCUT2D eigenvalue weighted by Crippen LogP contribution is -1.97. The van der Waals surface area contributed by atoms with Crippen molar-refractivity contribution in [3.05, 3.63) is 76.5 Å². The molecule has 0 bridgehead atoms. The van der Waals surface area contributed by atoms with Gasteiger partial charge in [0.15, 0.2) is 0 Å². The fourth-order valence-corrected chi connectivity index (χ4v) is 2.37. The van der Waals surface area contributed by atoms with Gasteiger partial charge >= 0.3 is 0 Å². The molecular formula is C17H12Cl2N2O. The molecule has 5 heteroatoms. The van der Waals surface area contributed by atoms with Crippen LogP contribution in [-0.2, 0) is 0 Å². The molecule has 1 heterocycles. The second kappa shape index (κ2) is 6.26. The van der Waals surface area contributed by atoms with Gasteiger partial charge in [0.1, 0.15) is 11.4 Å². The number of hydrogen-bond acceptors (Lipinski definition) is 2. The van der Waals surface area contributed by atoms with Gasteiger partial charge in [-0.15, -0.1) is 0 Å². The molecule has 0 saturated heterocycles. The lowest BCUT2D eigenvalue weighted by atomic mass is 10.3. The van der Waals surface area contributed by atoms with Crippen molar-refractivity contribution in [1.82, 2.24) is 4.57 Å². The van der Waals surface area contributed by atoms with Crippen LogP contribution in [0.5, 0.6) is 5.75 Å². The minimum absolute atomic E-state index is 0.0494. The average molecular weight is 331 g/mol. The third kappa shape index (κ3) is 3.16. The maximum Gasteiger partial charge on any atom is 0.142 e. The molecule has 0 radical (unpaired) electrons. The van der Waals surface area contributed by atoms with Crippen LogP contribution in [0.25, 0.3) is 5.69 Å². The van der Waals surface area contributed by atoms with Gasteiger partial charge in [-0.1, -0.05) is 23.2 Å². The van der Waals surface area contributed by atoms with Crippen LogP contribution in [0.4, 0.5) is 5.69 Å². The van der Waals surface area contributed by atoms with Crippen LogP contribution < -0.4 is 0 Å². The van der Waals surface area contributed by atoms with Gasteiger partial charge in [0.25, 0.3) is 0 Å². The number of rotatable bonds is 3. The van der Waals surface area contributed by atoms with Gasteiger partial charge in [0.05, 0.1) is 11.9 Å². The van der Waals surface area contributed by atoms with E-state index >= 15 is 0 Å². The van der Waals surface area contributed by atoms with Gasteiger partial charge in [0, 0.05) is 28.0 Å². The van der Waals surface area contributed by atoms with Gasteiger partial charge in [-0.2, -0.15) is 0 Å². The first-order valence-electron chi connectivity index (χ1n) is 6.59. The molecule has 0 aliphatic heterocycles. The zero-order valence-corrected chi connectivity index (χ0v) is 13.0. The summed E-state index contributed by atoms with van der Waals surface area (Å²) in [7, 11) is 0. The Kier molecular flexibility index (Phi) is 4.18. The summed E-state index contributed by atoms with van der Waals surface area (Å²) in [4.78, 5) is 4.31. The minimum atomic E-state index is 0.0494. The van der Waals surface area contributed by atoms with Crippen LogP contribution >= 0.6 is 23.2 Å². The summed E-state index contributed by atoms with van der Waals surface area (Å²) in [5.41, 5.74) is 2.33. The summed E-state index contributed by atoms with van der Waals surface area (Å²) in [5, 5.41) is 11.0. The van der Waals surface area contributed by atoms with Gasteiger partial charge in [-0.05, 0) is 48.5 Å². The van der Waals surface area contributed by atoms with E-state index in [2.05, 4.69) is 4.99 Å². The summed E-state index contributed by atoms with van der Waals surface area (Å²) >= 11 is 11.7. The highest BCUT2D eigenvalue weighted by molar-refractivity contribution is 6.31. The number of halogens is 2. The molecule has 0 unspecified atom stereocenters. The smallest absolute Gasteiger partial charge is 0.142 e. The molecule has 22 heavy (non-hydrogen) atoms. The SMILES string of the molecule is Oc1cc(Cl)ccc1N=Cc1cccn1-c1ccc(Cl)cc1. The number of aromatic hydroxyl groups is 1. The molecule has 1 N–H and O–H groups in total. The molecule has 0 amide bonds. The maximum atomic E-state index is 9.82. The molecule has 3 rings (SSSR count). The lowest BCUT2D eigenvalue weighted by Gasteiger charge is -2.06. The van der Waals surface area contributed by atoms with E-state index in [0.717, 1.165) is 11.4 Å². The standard InChI is InChI=1S/C17H12Cl2N2O/c18-12-3-6-14(7-4-12)21-9-1-2-15(21)11-20-16-8-5-13(19)10-17(16)22/h1-11,22H. The summed E-state index contributed by atoms with van der Waals surface area (Å²) < 4.78 is 1.98. The highest BCUT2D eigenvalue weighted by Gasteiger charge is 2.03. The highest BCUT2D eigenvalue weighted by Crippen LogP contribution is 2.29. The Balaban J connectivity index is 1.92. The molecule has 2 aromatic carbocycles. The Labute approximate surface area is 138 Å². The largest absolute Gasteiger partial charge is 0.506 e. The van der Waals surface area contributed by atoms with Gasteiger partial charge in [-0.25, -0.2) is 0 Å². The molecule has 110 valence electrons. The molecule has 0 atom stereocenters. The van der Waals surface area contributed by atoms with Crippen molar-refractivity contribution in [1.29, 1.82) is 0 Å². The number of phenolic OH excluding ortho intramolecular Hbond substituents is 1. The van der Waals surface area contributed by atoms with Gasteiger partial charge in [0.2, 0.25) is 0 Å². The third-order valence-electron chi connectivity index (χ3n) is 3.16.